The van der Waals surface area contributed by atoms with Crippen LogP contribution < -0.4 is 10.6 Å². The van der Waals surface area contributed by atoms with Crippen LogP contribution in [0.3, 0.4) is 0 Å². The lowest BCUT2D eigenvalue weighted by atomic mass is 10.0. The Labute approximate surface area is 205 Å². The van der Waals surface area contributed by atoms with Gasteiger partial charge in [-0.15, -0.1) is 24.0 Å². The fraction of sp³-hybridized carbons (Fsp3) is 0.667. The third-order valence-corrected chi connectivity index (χ3v) is 6.31. The van der Waals surface area contributed by atoms with E-state index in [1.54, 1.807) is 0 Å². The summed E-state index contributed by atoms with van der Waals surface area (Å²) >= 11 is 0. The van der Waals surface area contributed by atoms with E-state index < -0.39 is 0 Å². The van der Waals surface area contributed by atoms with Crippen LogP contribution in [0.1, 0.15) is 63.5 Å². The summed E-state index contributed by atoms with van der Waals surface area (Å²) in [5.41, 5.74) is 2.39. The number of nitrogens with zero attached hydrogens (tertiary/aromatic N) is 3. The number of rotatable bonds is 9. The first-order valence-electron chi connectivity index (χ1n) is 11.8. The van der Waals surface area contributed by atoms with E-state index in [0.717, 1.165) is 44.6 Å². The molecule has 0 aliphatic carbocycles. The molecule has 1 aromatic carbocycles. The van der Waals surface area contributed by atoms with Gasteiger partial charge in [0, 0.05) is 45.2 Å². The van der Waals surface area contributed by atoms with Gasteiger partial charge >= 0.3 is 0 Å². The van der Waals surface area contributed by atoms with Gasteiger partial charge in [0.1, 0.15) is 0 Å². The van der Waals surface area contributed by atoms with E-state index in [-0.39, 0.29) is 29.9 Å². The molecule has 2 aliphatic rings. The summed E-state index contributed by atoms with van der Waals surface area (Å²) < 4.78 is 0. The molecule has 1 atom stereocenters. The molecule has 2 N–H and O–H groups in total. The van der Waals surface area contributed by atoms with E-state index in [4.69, 9.17) is 4.99 Å². The zero-order valence-electron chi connectivity index (χ0n) is 19.2. The van der Waals surface area contributed by atoms with Gasteiger partial charge in [-0.25, -0.2) is 4.99 Å². The summed E-state index contributed by atoms with van der Waals surface area (Å²) in [5, 5.41) is 6.89. The maximum atomic E-state index is 12.0. The van der Waals surface area contributed by atoms with Crippen LogP contribution in [-0.2, 0) is 17.9 Å². The van der Waals surface area contributed by atoms with Gasteiger partial charge in [0.05, 0.1) is 6.54 Å². The fourth-order valence-corrected chi connectivity index (χ4v) is 4.58. The minimum Gasteiger partial charge on any atom is -0.357 e. The van der Waals surface area contributed by atoms with Crippen molar-refractivity contribution in [2.24, 2.45) is 4.99 Å². The SMILES string of the molecule is CCNC(=NCc1ccccc1CN1CCCC1=O)NCCN1CCCCC1CC.I. The molecule has 1 aromatic rings. The van der Waals surface area contributed by atoms with E-state index in [1.165, 1.54) is 43.4 Å². The Morgan fingerprint density at radius 3 is 2.61 bits per heavy atom. The Kier molecular flexibility index (Phi) is 11.6. The number of aliphatic imine (C=N–C) groups is 1. The molecule has 7 heteroatoms. The number of guanidine groups is 1. The summed E-state index contributed by atoms with van der Waals surface area (Å²) in [6.45, 7) is 10.6. The molecule has 0 aromatic heterocycles. The van der Waals surface area contributed by atoms with Gasteiger partial charge in [0.15, 0.2) is 5.96 Å². The number of halogens is 1. The molecule has 0 bridgehead atoms. The van der Waals surface area contributed by atoms with Crippen molar-refractivity contribution in [1.82, 2.24) is 20.4 Å². The molecular formula is C24H40IN5O. The third kappa shape index (κ3) is 7.93. The fourth-order valence-electron chi connectivity index (χ4n) is 4.58. The molecule has 2 fully saturated rings. The van der Waals surface area contributed by atoms with Crippen LogP contribution in [0.4, 0.5) is 0 Å². The number of carbonyl (C=O) groups excluding carboxylic acids is 1. The van der Waals surface area contributed by atoms with E-state index in [0.29, 0.717) is 19.5 Å². The molecule has 6 nitrogen and oxygen atoms in total. The Morgan fingerprint density at radius 1 is 1.10 bits per heavy atom. The molecule has 0 spiro atoms. The number of amides is 1. The number of hydrogen-bond acceptors (Lipinski definition) is 3. The predicted octanol–water partition coefficient (Wildman–Crippen LogP) is 3.75. The summed E-state index contributed by atoms with van der Waals surface area (Å²) in [4.78, 5) is 21.4. The molecule has 2 aliphatic heterocycles. The topological polar surface area (TPSA) is 60.0 Å². The number of nitrogens with one attached hydrogen (secondary N) is 2. The minimum atomic E-state index is 0. The van der Waals surface area contributed by atoms with Crippen LogP contribution in [-0.4, -0.2) is 60.4 Å². The molecule has 174 valence electrons. The van der Waals surface area contributed by atoms with Crippen molar-refractivity contribution in [3.8, 4) is 0 Å². The van der Waals surface area contributed by atoms with E-state index in [9.17, 15) is 4.79 Å². The largest absolute Gasteiger partial charge is 0.357 e. The Bertz CT molecular complexity index is 711. The summed E-state index contributed by atoms with van der Waals surface area (Å²) in [7, 11) is 0. The predicted molar refractivity (Wildman–Crippen MR) is 139 cm³/mol. The number of hydrogen-bond donors (Lipinski definition) is 2. The lowest BCUT2D eigenvalue weighted by Gasteiger charge is -2.35. The smallest absolute Gasteiger partial charge is 0.222 e. The number of carbonyl (C=O) groups is 1. The standard InChI is InChI=1S/C24H39N5O.HI/c1-3-22-12-7-8-15-28(22)17-14-26-24(25-4-2)27-18-20-10-5-6-11-21(20)19-29-16-9-13-23(29)30;/h5-6,10-11,22H,3-4,7-9,12-19H2,1-2H3,(H2,25,26,27);1H. The zero-order valence-corrected chi connectivity index (χ0v) is 21.6. The zero-order chi connectivity index (χ0) is 21.2. The summed E-state index contributed by atoms with van der Waals surface area (Å²) in [6, 6.07) is 9.10. The van der Waals surface area contributed by atoms with Gasteiger partial charge in [-0.1, -0.05) is 37.6 Å². The highest BCUT2D eigenvalue weighted by molar-refractivity contribution is 14.0. The molecule has 31 heavy (non-hydrogen) atoms. The second kappa shape index (κ2) is 13.9. The van der Waals surface area contributed by atoms with E-state index in [1.807, 2.05) is 4.90 Å². The van der Waals surface area contributed by atoms with Gasteiger partial charge in [0.2, 0.25) is 5.91 Å². The van der Waals surface area contributed by atoms with Crippen molar-refractivity contribution in [3.05, 3.63) is 35.4 Å². The average Bonchev–Trinajstić information content (AvgIpc) is 3.17. The van der Waals surface area contributed by atoms with Crippen LogP contribution in [0.2, 0.25) is 0 Å². The minimum absolute atomic E-state index is 0. The number of piperidine rings is 1. The van der Waals surface area contributed by atoms with Crippen LogP contribution in [0, 0.1) is 0 Å². The highest BCUT2D eigenvalue weighted by Crippen LogP contribution is 2.19. The van der Waals surface area contributed by atoms with Crippen molar-refractivity contribution in [2.45, 2.75) is 71.5 Å². The van der Waals surface area contributed by atoms with Crippen molar-refractivity contribution in [1.29, 1.82) is 0 Å². The average molecular weight is 542 g/mol. The highest BCUT2D eigenvalue weighted by atomic mass is 127. The molecule has 2 heterocycles. The quantitative estimate of drug-likeness (QED) is 0.284. The number of likely N-dealkylation sites (tertiary alicyclic amines) is 2. The second-order valence-electron chi connectivity index (χ2n) is 8.40. The van der Waals surface area contributed by atoms with Gasteiger partial charge in [-0.3, -0.25) is 9.69 Å². The molecule has 3 rings (SSSR count). The number of benzene rings is 1. The Morgan fingerprint density at radius 2 is 1.90 bits per heavy atom. The Balaban J connectivity index is 0.00000341. The third-order valence-electron chi connectivity index (χ3n) is 6.31. The lowest BCUT2D eigenvalue weighted by Crippen LogP contribution is -2.45. The van der Waals surface area contributed by atoms with E-state index in [2.05, 4.69) is 53.6 Å². The molecule has 1 amide bonds. The van der Waals surface area contributed by atoms with Crippen LogP contribution >= 0.6 is 24.0 Å². The maximum absolute atomic E-state index is 12.0. The van der Waals surface area contributed by atoms with Crippen LogP contribution in [0.15, 0.2) is 29.3 Å². The van der Waals surface area contributed by atoms with Gasteiger partial charge in [-0.2, -0.15) is 0 Å². The Hall–Kier alpha value is -1.35. The first kappa shape index (κ1) is 25.9. The summed E-state index contributed by atoms with van der Waals surface area (Å²) in [5.74, 6) is 1.14. The summed E-state index contributed by atoms with van der Waals surface area (Å²) in [6.07, 6.45) is 6.93. The molecule has 1 unspecified atom stereocenters. The normalized spacial score (nSPS) is 19.9. The maximum Gasteiger partial charge on any atom is 0.222 e. The van der Waals surface area contributed by atoms with Crippen LogP contribution in [0.5, 0.6) is 0 Å². The lowest BCUT2D eigenvalue weighted by molar-refractivity contribution is -0.128. The molecule has 0 saturated carbocycles. The first-order valence-corrected chi connectivity index (χ1v) is 11.8. The van der Waals surface area contributed by atoms with Crippen molar-refractivity contribution >= 4 is 35.8 Å². The van der Waals surface area contributed by atoms with Crippen molar-refractivity contribution in [3.63, 3.8) is 0 Å². The molecule has 2 saturated heterocycles. The van der Waals surface area contributed by atoms with Crippen molar-refractivity contribution in [2.75, 3.05) is 32.7 Å². The van der Waals surface area contributed by atoms with Gasteiger partial charge < -0.3 is 15.5 Å². The second-order valence-corrected chi connectivity index (χ2v) is 8.40. The van der Waals surface area contributed by atoms with Crippen molar-refractivity contribution < 1.29 is 4.79 Å². The first-order chi connectivity index (χ1) is 14.7. The molecular weight excluding hydrogens is 501 g/mol. The highest BCUT2D eigenvalue weighted by Gasteiger charge is 2.21. The van der Waals surface area contributed by atoms with Crippen LogP contribution in [0.25, 0.3) is 0 Å². The van der Waals surface area contributed by atoms with Gasteiger partial charge in [-0.05, 0) is 50.3 Å². The van der Waals surface area contributed by atoms with E-state index >= 15 is 0 Å². The van der Waals surface area contributed by atoms with Gasteiger partial charge in [0.25, 0.3) is 0 Å². The molecule has 0 radical (unpaired) electrons. The monoisotopic (exact) mass is 541 g/mol.